The van der Waals surface area contributed by atoms with Crippen molar-refractivity contribution in [2.75, 3.05) is 4.90 Å². The van der Waals surface area contributed by atoms with E-state index in [-0.39, 0.29) is 0 Å². The van der Waals surface area contributed by atoms with Crippen LogP contribution in [0, 0.1) is 0 Å². The van der Waals surface area contributed by atoms with Gasteiger partial charge in [0.15, 0.2) is 5.58 Å². The van der Waals surface area contributed by atoms with Gasteiger partial charge in [-0.15, -0.1) is 0 Å². The molecule has 0 atom stereocenters. The summed E-state index contributed by atoms with van der Waals surface area (Å²) in [6.45, 7) is 0. The molecule has 0 N–H and O–H groups in total. The number of fused-ring (bicyclic) bond motifs is 9. The fourth-order valence-electron chi connectivity index (χ4n) is 8.13. The molecule has 2 aromatic heterocycles. The van der Waals surface area contributed by atoms with Crippen molar-refractivity contribution < 1.29 is 8.83 Å². The molecule has 11 aromatic rings. The van der Waals surface area contributed by atoms with Crippen molar-refractivity contribution >= 4 is 82.5 Å². The Balaban J connectivity index is 1.23. The second-order valence-corrected chi connectivity index (χ2v) is 13.7. The molecule has 0 bridgehead atoms. The van der Waals surface area contributed by atoms with Crippen molar-refractivity contribution in [2.45, 2.75) is 0 Å². The fraction of sp³-hybridized carbons (Fsp3) is 0. The van der Waals surface area contributed by atoms with E-state index in [4.69, 9.17) is 8.83 Å². The molecule has 0 aliphatic carbocycles. The zero-order valence-corrected chi connectivity index (χ0v) is 28.7. The maximum Gasteiger partial charge on any atom is 0.159 e. The second kappa shape index (κ2) is 11.7. The second-order valence-electron chi connectivity index (χ2n) is 13.7. The number of furan rings is 2. The van der Waals surface area contributed by atoms with Crippen molar-refractivity contribution in [3.63, 3.8) is 0 Å². The van der Waals surface area contributed by atoms with Crippen LogP contribution < -0.4 is 4.90 Å². The third-order valence-corrected chi connectivity index (χ3v) is 10.6. The predicted molar refractivity (Wildman–Crippen MR) is 222 cm³/mol. The van der Waals surface area contributed by atoms with Crippen molar-refractivity contribution in [1.82, 2.24) is 0 Å². The van der Waals surface area contributed by atoms with E-state index < -0.39 is 0 Å². The maximum atomic E-state index is 6.73. The van der Waals surface area contributed by atoms with Gasteiger partial charge in [0.25, 0.3) is 0 Å². The first-order valence-corrected chi connectivity index (χ1v) is 18.0. The Morgan fingerprint density at radius 1 is 0.321 bits per heavy atom. The van der Waals surface area contributed by atoms with E-state index in [1.807, 2.05) is 24.3 Å². The number of anilines is 3. The highest BCUT2D eigenvalue weighted by Gasteiger charge is 2.22. The van der Waals surface area contributed by atoms with Crippen molar-refractivity contribution in [3.05, 3.63) is 188 Å². The van der Waals surface area contributed by atoms with Crippen molar-refractivity contribution in [1.29, 1.82) is 0 Å². The standard InChI is InChI=1S/C50H31NO2/c1-2-12-32(13-3-1)35-28-36(40-18-10-19-43-41-16-6-8-22-47(41)52-49(40)43)30-38(29-35)51(46-21-11-20-44-42-17-7-9-23-48(42)53-50(44)46)37-27-26-34-25-24-33-14-4-5-15-39(33)45(34)31-37/h1-31H. The molecule has 0 amide bonds. The molecule has 3 heteroatoms. The Kier molecular flexibility index (Phi) is 6.55. The largest absolute Gasteiger partial charge is 0.455 e. The summed E-state index contributed by atoms with van der Waals surface area (Å²) < 4.78 is 13.3. The Labute approximate surface area is 305 Å². The van der Waals surface area contributed by atoms with Crippen LogP contribution in [-0.2, 0) is 0 Å². The minimum Gasteiger partial charge on any atom is -0.455 e. The molecule has 0 unspecified atom stereocenters. The van der Waals surface area contributed by atoms with Crippen LogP contribution in [0.1, 0.15) is 0 Å². The smallest absolute Gasteiger partial charge is 0.159 e. The van der Waals surface area contributed by atoms with Crippen LogP contribution >= 0.6 is 0 Å². The van der Waals surface area contributed by atoms with E-state index in [9.17, 15) is 0 Å². The SMILES string of the molecule is c1ccc(-c2cc(-c3cccc4c3oc3ccccc34)cc(N(c3ccc4ccc5ccccc5c4c3)c3cccc4c3oc3ccccc34)c2)cc1. The van der Waals surface area contributed by atoms with E-state index in [1.54, 1.807) is 0 Å². The van der Waals surface area contributed by atoms with Gasteiger partial charge < -0.3 is 13.7 Å². The first-order valence-electron chi connectivity index (χ1n) is 18.0. The summed E-state index contributed by atoms with van der Waals surface area (Å²) in [6.07, 6.45) is 0. The summed E-state index contributed by atoms with van der Waals surface area (Å²) in [5.74, 6) is 0. The van der Waals surface area contributed by atoms with Gasteiger partial charge in [0, 0.05) is 38.5 Å². The van der Waals surface area contributed by atoms with E-state index >= 15 is 0 Å². The van der Waals surface area contributed by atoms with Gasteiger partial charge in [0.2, 0.25) is 0 Å². The Morgan fingerprint density at radius 3 is 1.70 bits per heavy atom. The zero-order valence-electron chi connectivity index (χ0n) is 28.7. The summed E-state index contributed by atoms with van der Waals surface area (Å²) in [7, 11) is 0. The molecule has 0 spiro atoms. The van der Waals surface area contributed by atoms with Gasteiger partial charge >= 0.3 is 0 Å². The van der Waals surface area contributed by atoms with Crippen LogP contribution in [0.5, 0.6) is 0 Å². The molecular formula is C50H31NO2. The van der Waals surface area contributed by atoms with Gasteiger partial charge in [0.1, 0.15) is 16.7 Å². The topological polar surface area (TPSA) is 29.5 Å². The first-order chi connectivity index (χ1) is 26.3. The Hall–Kier alpha value is -7.10. The van der Waals surface area contributed by atoms with Gasteiger partial charge in [-0.3, -0.25) is 0 Å². The number of para-hydroxylation sites is 4. The van der Waals surface area contributed by atoms with Gasteiger partial charge in [-0.25, -0.2) is 0 Å². The quantitative estimate of drug-likeness (QED) is 0.170. The molecule has 2 heterocycles. The molecular weight excluding hydrogens is 647 g/mol. The van der Waals surface area contributed by atoms with Crippen LogP contribution in [0.3, 0.4) is 0 Å². The molecule has 0 aliphatic rings. The van der Waals surface area contributed by atoms with Gasteiger partial charge in [-0.05, 0) is 86.8 Å². The number of rotatable bonds is 5. The van der Waals surface area contributed by atoms with Crippen molar-refractivity contribution in [2.24, 2.45) is 0 Å². The summed E-state index contributed by atoms with van der Waals surface area (Å²) in [6, 6.07) is 66.8. The Morgan fingerprint density at radius 2 is 0.906 bits per heavy atom. The van der Waals surface area contributed by atoms with Crippen molar-refractivity contribution in [3.8, 4) is 22.3 Å². The highest BCUT2D eigenvalue weighted by atomic mass is 16.3. The molecule has 0 fully saturated rings. The van der Waals surface area contributed by atoms with Crippen LogP contribution in [0.25, 0.3) is 87.7 Å². The zero-order chi connectivity index (χ0) is 34.9. The van der Waals surface area contributed by atoms with E-state index in [1.165, 1.54) is 21.5 Å². The summed E-state index contributed by atoms with van der Waals surface area (Å²) in [4.78, 5) is 2.36. The van der Waals surface area contributed by atoms with Gasteiger partial charge in [-0.1, -0.05) is 140 Å². The van der Waals surface area contributed by atoms with Gasteiger partial charge in [-0.2, -0.15) is 0 Å². The van der Waals surface area contributed by atoms with E-state index in [2.05, 4.69) is 169 Å². The maximum absolute atomic E-state index is 6.73. The number of hydrogen-bond acceptors (Lipinski definition) is 3. The highest BCUT2D eigenvalue weighted by molar-refractivity contribution is 6.13. The normalized spacial score (nSPS) is 11.8. The molecule has 11 rings (SSSR count). The molecule has 3 nitrogen and oxygen atoms in total. The Bertz CT molecular complexity index is 3190. The summed E-state index contributed by atoms with van der Waals surface area (Å²) in [5, 5.41) is 9.25. The molecule has 0 saturated carbocycles. The lowest BCUT2D eigenvalue weighted by molar-refractivity contribution is 0.669. The minimum absolute atomic E-state index is 0.845. The minimum atomic E-state index is 0.845. The lowest BCUT2D eigenvalue weighted by Gasteiger charge is -2.27. The number of hydrogen-bond donors (Lipinski definition) is 0. The van der Waals surface area contributed by atoms with Crippen LogP contribution in [-0.4, -0.2) is 0 Å². The lowest BCUT2D eigenvalue weighted by Crippen LogP contribution is -2.11. The number of nitrogens with zero attached hydrogens (tertiary/aromatic N) is 1. The average Bonchev–Trinajstić information content (AvgIpc) is 3.80. The monoisotopic (exact) mass is 677 g/mol. The van der Waals surface area contributed by atoms with Gasteiger partial charge in [0.05, 0.1) is 5.69 Å². The lowest BCUT2D eigenvalue weighted by atomic mass is 9.95. The molecule has 248 valence electrons. The van der Waals surface area contributed by atoms with Crippen LogP contribution in [0.2, 0.25) is 0 Å². The highest BCUT2D eigenvalue weighted by Crippen LogP contribution is 2.46. The summed E-state index contributed by atoms with van der Waals surface area (Å²) in [5.41, 5.74) is 10.9. The molecule has 0 radical (unpaired) electrons. The predicted octanol–water partition coefficient (Wildman–Crippen LogP) is 14.6. The molecule has 9 aromatic carbocycles. The van der Waals surface area contributed by atoms with E-state index in [0.29, 0.717) is 0 Å². The third-order valence-electron chi connectivity index (χ3n) is 10.6. The van der Waals surface area contributed by atoms with Crippen LogP contribution in [0.4, 0.5) is 17.1 Å². The average molecular weight is 678 g/mol. The molecule has 0 saturated heterocycles. The fourth-order valence-corrected chi connectivity index (χ4v) is 8.13. The summed E-state index contributed by atoms with van der Waals surface area (Å²) >= 11 is 0. The van der Waals surface area contributed by atoms with Crippen LogP contribution in [0.15, 0.2) is 197 Å². The molecule has 0 aliphatic heterocycles. The number of benzene rings is 9. The third kappa shape index (κ3) is 4.75. The first kappa shape index (κ1) is 29.6. The molecule has 53 heavy (non-hydrogen) atoms. The van der Waals surface area contributed by atoms with E-state index in [0.717, 1.165) is 83.2 Å².